The number of hydrogen-bond acceptors (Lipinski definition) is 4. The van der Waals surface area contributed by atoms with Crippen LogP contribution in [0.5, 0.6) is 5.75 Å². The molecule has 0 saturated heterocycles. The number of carboxylic acids is 1. The number of hydrogen-bond donors (Lipinski definition) is 2. The average Bonchev–Trinajstić information content (AvgIpc) is 2.19. The van der Waals surface area contributed by atoms with Gasteiger partial charge in [0.15, 0.2) is 5.75 Å². The van der Waals surface area contributed by atoms with Crippen molar-refractivity contribution in [3.8, 4) is 5.75 Å². The molecule has 1 rings (SSSR count). The van der Waals surface area contributed by atoms with Crippen molar-refractivity contribution in [1.29, 1.82) is 0 Å². The molecule has 0 spiro atoms. The van der Waals surface area contributed by atoms with Gasteiger partial charge in [-0.2, -0.15) is 0 Å². The maximum Gasteiger partial charge on any atom is 0.310 e. The van der Waals surface area contributed by atoms with E-state index in [4.69, 9.17) is 10.2 Å². The number of rotatable bonds is 2. The molecule has 0 bridgehead atoms. The zero-order valence-electron chi connectivity index (χ0n) is 8.08. The summed E-state index contributed by atoms with van der Waals surface area (Å²) in [5.41, 5.74) is -0.262. The van der Waals surface area contributed by atoms with Crippen molar-refractivity contribution in [2.75, 3.05) is 0 Å². The highest BCUT2D eigenvalue weighted by Gasteiger charge is 2.09. The lowest BCUT2D eigenvalue weighted by Gasteiger charge is -1.91. The van der Waals surface area contributed by atoms with Gasteiger partial charge < -0.3 is 10.2 Å². The van der Waals surface area contributed by atoms with Gasteiger partial charge in [-0.25, -0.2) is 0 Å². The minimum absolute atomic E-state index is 0.222. The van der Waals surface area contributed by atoms with Gasteiger partial charge in [-0.05, 0) is 6.07 Å². The van der Waals surface area contributed by atoms with E-state index in [1.165, 1.54) is 24.3 Å². The zero-order valence-corrected chi connectivity index (χ0v) is 8.08. The molecule has 0 fully saturated rings. The second-order valence-electron chi connectivity index (χ2n) is 2.49. The summed E-state index contributed by atoms with van der Waals surface area (Å²) in [6.07, 6.45) is 0.222. The lowest BCUT2D eigenvalue weighted by atomic mass is 10.3. The first-order valence-electron chi connectivity index (χ1n) is 4.13. The zero-order chi connectivity index (χ0) is 11.8. The van der Waals surface area contributed by atoms with Crippen LogP contribution in [0.25, 0.3) is 0 Å². The first-order valence-corrected chi connectivity index (χ1v) is 4.13. The van der Waals surface area contributed by atoms with Crippen LogP contribution in [0.2, 0.25) is 0 Å². The van der Waals surface area contributed by atoms with Crippen LogP contribution in [-0.2, 0) is 4.79 Å². The van der Waals surface area contributed by atoms with Gasteiger partial charge in [0, 0.05) is 12.5 Å². The Bertz CT molecular complexity index is 350. The Labute approximate surface area is 85.9 Å². The van der Waals surface area contributed by atoms with E-state index >= 15 is 0 Å². The molecule has 82 valence electrons. The van der Waals surface area contributed by atoms with Crippen molar-refractivity contribution in [2.45, 2.75) is 13.3 Å². The van der Waals surface area contributed by atoms with Gasteiger partial charge in [0.25, 0.3) is 0 Å². The van der Waals surface area contributed by atoms with Crippen LogP contribution in [0.3, 0.4) is 0 Å². The van der Waals surface area contributed by atoms with E-state index in [0.717, 1.165) is 0 Å². The molecule has 2 N–H and O–H groups in total. The number of nitrogens with zero attached hydrogens (tertiary/aromatic N) is 1. The van der Waals surface area contributed by atoms with Crippen LogP contribution in [0.4, 0.5) is 5.69 Å². The Balaban J connectivity index is 0.000000336. The second-order valence-corrected chi connectivity index (χ2v) is 2.49. The largest absolute Gasteiger partial charge is 0.502 e. The molecule has 0 atom stereocenters. The van der Waals surface area contributed by atoms with Crippen molar-refractivity contribution in [2.24, 2.45) is 0 Å². The molecule has 0 heterocycles. The minimum Gasteiger partial charge on any atom is -0.502 e. The van der Waals surface area contributed by atoms with E-state index in [2.05, 4.69) is 0 Å². The number of nitro benzene ring substituents is 1. The van der Waals surface area contributed by atoms with Crippen LogP contribution in [0, 0.1) is 10.1 Å². The number of para-hydroxylation sites is 2. The molecule has 0 amide bonds. The molecular weight excluding hydrogens is 202 g/mol. The Kier molecular flexibility index (Phi) is 5.47. The van der Waals surface area contributed by atoms with Crippen LogP contribution >= 0.6 is 0 Å². The maximum atomic E-state index is 10.1. The summed E-state index contributed by atoms with van der Waals surface area (Å²) in [5.74, 6) is -1.04. The van der Waals surface area contributed by atoms with E-state index in [1.54, 1.807) is 6.92 Å². The topological polar surface area (TPSA) is 101 Å². The number of phenolic OH excluding ortho intramolecular Hbond substituents is 1. The third kappa shape index (κ3) is 5.25. The van der Waals surface area contributed by atoms with Crippen LogP contribution in [-0.4, -0.2) is 21.1 Å². The number of aliphatic carboxylic acids is 1. The average molecular weight is 213 g/mol. The van der Waals surface area contributed by atoms with Gasteiger partial charge in [0.2, 0.25) is 0 Å². The number of carboxylic acid groups (broad SMARTS) is 1. The quantitative estimate of drug-likeness (QED) is 0.576. The number of aromatic hydroxyl groups is 1. The third-order valence-corrected chi connectivity index (χ3v) is 1.38. The molecule has 1 aromatic rings. The molecule has 0 aliphatic heterocycles. The summed E-state index contributed by atoms with van der Waals surface area (Å²) in [6, 6.07) is 5.55. The molecule has 0 saturated carbocycles. The number of benzene rings is 1. The summed E-state index contributed by atoms with van der Waals surface area (Å²) in [7, 11) is 0. The van der Waals surface area contributed by atoms with E-state index in [9.17, 15) is 14.9 Å². The van der Waals surface area contributed by atoms with Crippen molar-refractivity contribution >= 4 is 11.7 Å². The van der Waals surface area contributed by atoms with E-state index in [-0.39, 0.29) is 17.9 Å². The van der Waals surface area contributed by atoms with Crippen molar-refractivity contribution in [3.05, 3.63) is 34.4 Å². The van der Waals surface area contributed by atoms with E-state index < -0.39 is 10.9 Å². The second kappa shape index (κ2) is 6.36. The van der Waals surface area contributed by atoms with Crippen molar-refractivity contribution in [1.82, 2.24) is 0 Å². The van der Waals surface area contributed by atoms with Gasteiger partial charge in [0.05, 0.1) is 4.92 Å². The van der Waals surface area contributed by atoms with Gasteiger partial charge in [-0.3, -0.25) is 14.9 Å². The molecule has 1 aromatic carbocycles. The Hall–Kier alpha value is -2.11. The van der Waals surface area contributed by atoms with Crippen LogP contribution in [0.1, 0.15) is 13.3 Å². The van der Waals surface area contributed by atoms with E-state index in [1.807, 2.05) is 0 Å². The predicted octanol–water partition coefficient (Wildman–Crippen LogP) is 1.78. The summed E-state index contributed by atoms with van der Waals surface area (Å²) in [4.78, 5) is 18.8. The predicted molar refractivity (Wildman–Crippen MR) is 52.7 cm³/mol. The lowest BCUT2D eigenvalue weighted by molar-refractivity contribution is -0.385. The highest BCUT2D eigenvalue weighted by Crippen LogP contribution is 2.23. The highest BCUT2D eigenvalue weighted by atomic mass is 16.6. The fourth-order valence-corrected chi connectivity index (χ4v) is 0.619. The molecule has 0 aliphatic carbocycles. The summed E-state index contributed by atoms with van der Waals surface area (Å²) in [6.45, 7) is 1.60. The molecule has 0 unspecified atom stereocenters. The van der Waals surface area contributed by atoms with Crippen molar-refractivity contribution < 1.29 is 19.9 Å². The first kappa shape index (κ1) is 12.9. The molecule has 6 heteroatoms. The molecule has 6 nitrogen and oxygen atoms in total. The fourth-order valence-electron chi connectivity index (χ4n) is 0.619. The molecule has 0 aromatic heterocycles. The Morgan fingerprint density at radius 3 is 2.20 bits per heavy atom. The molecular formula is C9H11NO5. The summed E-state index contributed by atoms with van der Waals surface area (Å²) < 4.78 is 0. The van der Waals surface area contributed by atoms with Crippen LogP contribution in [0.15, 0.2) is 24.3 Å². The van der Waals surface area contributed by atoms with E-state index in [0.29, 0.717) is 0 Å². The monoisotopic (exact) mass is 213 g/mol. The Morgan fingerprint density at radius 2 is 1.93 bits per heavy atom. The number of nitro groups is 1. The number of carbonyl (C=O) groups is 1. The lowest BCUT2D eigenvalue weighted by Crippen LogP contribution is -1.86. The molecule has 15 heavy (non-hydrogen) atoms. The third-order valence-electron chi connectivity index (χ3n) is 1.38. The highest BCUT2D eigenvalue weighted by molar-refractivity contribution is 5.66. The maximum absolute atomic E-state index is 10.1. The fraction of sp³-hybridized carbons (Fsp3) is 0.222. The summed E-state index contributed by atoms with van der Waals surface area (Å²) >= 11 is 0. The number of phenols is 1. The van der Waals surface area contributed by atoms with Gasteiger partial charge in [-0.15, -0.1) is 0 Å². The summed E-state index contributed by atoms with van der Waals surface area (Å²) in [5, 5.41) is 26.6. The standard InChI is InChI=1S/C6H5NO3.C3H6O2/c8-6-4-2-1-3-5(6)7(9)10;1-2-3(4)5/h1-4,8H;2H2,1H3,(H,4,5). The van der Waals surface area contributed by atoms with Gasteiger partial charge in [0.1, 0.15) is 0 Å². The Morgan fingerprint density at radius 1 is 1.47 bits per heavy atom. The molecule has 0 radical (unpaired) electrons. The SMILES string of the molecule is CCC(=O)O.O=[N+]([O-])c1ccccc1O. The smallest absolute Gasteiger partial charge is 0.310 e. The van der Waals surface area contributed by atoms with Crippen LogP contribution < -0.4 is 0 Å². The van der Waals surface area contributed by atoms with Gasteiger partial charge >= 0.3 is 11.7 Å². The minimum atomic E-state index is -0.745. The van der Waals surface area contributed by atoms with Crippen molar-refractivity contribution in [3.63, 3.8) is 0 Å². The molecule has 0 aliphatic rings. The van der Waals surface area contributed by atoms with Gasteiger partial charge in [-0.1, -0.05) is 19.1 Å². The first-order chi connectivity index (χ1) is 6.99. The normalized spacial score (nSPS) is 8.60.